The molecule has 1 atom stereocenters. The second-order valence-corrected chi connectivity index (χ2v) is 8.49. The summed E-state index contributed by atoms with van der Waals surface area (Å²) in [6, 6.07) is 14.4. The smallest absolute Gasteiger partial charge is 0.337 e. The van der Waals surface area contributed by atoms with Crippen LogP contribution >= 0.6 is 11.6 Å². The zero-order valence-corrected chi connectivity index (χ0v) is 19.8. The van der Waals surface area contributed by atoms with Crippen molar-refractivity contribution in [3.05, 3.63) is 59.1 Å². The molecule has 1 unspecified atom stereocenters. The van der Waals surface area contributed by atoms with Crippen LogP contribution in [0.5, 0.6) is 0 Å². The van der Waals surface area contributed by atoms with Crippen LogP contribution in [-0.2, 0) is 14.3 Å². The average Bonchev–Trinajstić information content (AvgIpc) is 2.81. The third-order valence-electron chi connectivity index (χ3n) is 5.71. The lowest BCUT2D eigenvalue weighted by Crippen LogP contribution is -2.54. The van der Waals surface area contributed by atoms with E-state index in [1.807, 2.05) is 12.1 Å². The van der Waals surface area contributed by atoms with Crippen molar-refractivity contribution < 1.29 is 19.1 Å². The highest BCUT2D eigenvalue weighted by atomic mass is 35.5. The van der Waals surface area contributed by atoms with Crippen LogP contribution in [0.15, 0.2) is 48.5 Å². The number of rotatable bonds is 7. The van der Waals surface area contributed by atoms with Crippen LogP contribution in [-0.4, -0.2) is 80.5 Å². The van der Waals surface area contributed by atoms with Gasteiger partial charge in [0.05, 0.1) is 36.5 Å². The molecule has 0 spiro atoms. The number of halogens is 1. The van der Waals surface area contributed by atoms with E-state index in [1.165, 1.54) is 12.0 Å². The van der Waals surface area contributed by atoms with Gasteiger partial charge in [-0.3, -0.25) is 14.5 Å². The third kappa shape index (κ3) is 6.46. The summed E-state index contributed by atoms with van der Waals surface area (Å²) in [7, 11) is 2.99. The molecule has 0 bridgehead atoms. The van der Waals surface area contributed by atoms with Gasteiger partial charge in [0.1, 0.15) is 0 Å². The Bertz CT molecular complexity index is 998. The summed E-state index contributed by atoms with van der Waals surface area (Å²) in [6.07, 6.45) is 0. The van der Waals surface area contributed by atoms with Gasteiger partial charge in [-0.2, -0.15) is 0 Å². The van der Waals surface area contributed by atoms with Crippen molar-refractivity contribution in [2.75, 3.05) is 57.1 Å². The van der Waals surface area contributed by atoms with E-state index in [0.29, 0.717) is 22.8 Å². The van der Waals surface area contributed by atoms with Crippen LogP contribution < -0.4 is 10.2 Å². The molecule has 1 aliphatic rings. The predicted octanol–water partition coefficient (Wildman–Crippen LogP) is 2.73. The Morgan fingerprint density at radius 1 is 1.12 bits per heavy atom. The SMILES string of the molecule is COC(=O)c1ccc(N2CCN(CC(=O)N(C)CC(=O)Nc3ccccc3Cl)C(C)C2)cc1. The summed E-state index contributed by atoms with van der Waals surface area (Å²) in [5, 5.41) is 3.18. The molecule has 0 saturated carbocycles. The van der Waals surface area contributed by atoms with Gasteiger partial charge in [-0.15, -0.1) is 0 Å². The van der Waals surface area contributed by atoms with Gasteiger partial charge < -0.3 is 19.9 Å². The van der Waals surface area contributed by atoms with Crippen LogP contribution in [0.25, 0.3) is 0 Å². The molecule has 176 valence electrons. The van der Waals surface area contributed by atoms with Gasteiger partial charge in [0.15, 0.2) is 0 Å². The van der Waals surface area contributed by atoms with Crippen molar-refractivity contribution in [3.63, 3.8) is 0 Å². The maximum atomic E-state index is 12.7. The number of piperazine rings is 1. The highest BCUT2D eigenvalue weighted by Crippen LogP contribution is 2.21. The van der Waals surface area contributed by atoms with Crippen LogP contribution in [0.2, 0.25) is 5.02 Å². The molecular weight excluding hydrogens is 444 g/mol. The number of likely N-dealkylation sites (N-methyl/N-ethyl adjacent to an activating group) is 1. The largest absolute Gasteiger partial charge is 0.465 e. The number of carbonyl (C=O) groups is 3. The van der Waals surface area contributed by atoms with E-state index >= 15 is 0 Å². The van der Waals surface area contributed by atoms with E-state index in [4.69, 9.17) is 16.3 Å². The summed E-state index contributed by atoms with van der Waals surface area (Å²) < 4.78 is 4.74. The number of methoxy groups -OCH3 is 1. The predicted molar refractivity (Wildman–Crippen MR) is 129 cm³/mol. The topological polar surface area (TPSA) is 82.2 Å². The Hall–Kier alpha value is -3.10. The normalized spacial score (nSPS) is 16.2. The molecule has 8 nitrogen and oxygen atoms in total. The molecule has 9 heteroatoms. The molecule has 2 amide bonds. The third-order valence-corrected chi connectivity index (χ3v) is 6.04. The standard InChI is InChI=1S/C24H29ClN4O4/c1-17-14-29(19-10-8-18(9-11-19)24(32)33-3)13-12-28(17)16-23(31)27(2)15-22(30)26-21-7-5-4-6-20(21)25/h4-11,17H,12-16H2,1-3H3,(H,26,30). The van der Waals surface area contributed by atoms with Gasteiger partial charge in [-0.05, 0) is 43.3 Å². The highest BCUT2D eigenvalue weighted by Gasteiger charge is 2.27. The minimum Gasteiger partial charge on any atom is -0.465 e. The maximum absolute atomic E-state index is 12.7. The lowest BCUT2D eigenvalue weighted by Gasteiger charge is -2.41. The molecule has 3 rings (SSSR count). The van der Waals surface area contributed by atoms with Crippen molar-refractivity contribution in [2.45, 2.75) is 13.0 Å². The van der Waals surface area contributed by atoms with Crippen LogP contribution in [0, 0.1) is 0 Å². The summed E-state index contributed by atoms with van der Waals surface area (Å²) in [5.41, 5.74) is 2.06. The quantitative estimate of drug-likeness (QED) is 0.624. The fourth-order valence-electron chi connectivity index (χ4n) is 3.74. The first-order valence-electron chi connectivity index (χ1n) is 10.7. The second-order valence-electron chi connectivity index (χ2n) is 8.08. The first-order valence-corrected chi connectivity index (χ1v) is 11.1. The average molecular weight is 473 g/mol. The van der Waals surface area contributed by atoms with Gasteiger partial charge >= 0.3 is 5.97 Å². The van der Waals surface area contributed by atoms with Crippen molar-refractivity contribution in [2.24, 2.45) is 0 Å². The number of amides is 2. The molecule has 2 aromatic carbocycles. The van der Waals surface area contributed by atoms with Gasteiger partial charge in [-0.1, -0.05) is 23.7 Å². The Morgan fingerprint density at radius 2 is 1.82 bits per heavy atom. The number of nitrogens with one attached hydrogen (secondary N) is 1. The van der Waals surface area contributed by atoms with Gasteiger partial charge in [0, 0.05) is 38.4 Å². The minimum absolute atomic E-state index is 0.0506. The van der Waals surface area contributed by atoms with Gasteiger partial charge in [-0.25, -0.2) is 4.79 Å². The number of anilines is 2. The lowest BCUT2D eigenvalue weighted by atomic mass is 10.1. The summed E-state index contributed by atoms with van der Waals surface area (Å²) in [6.45, 7) is 4.49. The molecule has 2 aromatic rings. The van der Waals surface area contributed by atoms with Gasteiger partial charge in [0.25, 0.3) is 0 Å². The lowest BCUT2D eigenvalue weighted by molar-refractivity contribution is -0.134. The summed E-state index contributed by atoms with van der Waals surface area (Å²) in [5.74, 6) is -0.776. The molecule has 0 radical (unpaired) electrons. The van der Waals surface area contributed by atoms with E-state index < -0.39 is 0 Å². The highest BCUT2D eigenvalue weighted by molar-refractivity contribution is 6.33. The van der Waals surface area contributed by atoms with Crippen LogP contribution in [0.3, 0.4) is 0 Å². The van der Waals surface area contributed by atoms with Gasteiger partial charge in [0.2, 0.25) is 11.8 Å². The Labute approximate surface area is 199 Å². The Balaban J connectivity index is 1.49. The molecule has 1 N–H and O–H groups in total. The number of benzene rings is 2. The summed E-state index contributed by atoms with van der Waals surface area (Å²) >= 11 is 6.07. The van der Waals surface area contributed by atoms with E-state index in [2.05, 4.69) is 22.0 Å². The second kappa shape index (κ2) is 11.2. The molecule has 0 aliphatic carbocycles. The monoisotopic (exact) mass is 472 g/mol. The number of para-hydroxylation sites is 1. The zero-order chi connectivity index (χ0) is 24.0. The molecule has 1 saturated heterocycles. The molecule has 1 aliphatic heterocycles. The number of hydrogen-bond donors (Lipinski definition) is 1. The van der Waals surface area contributed by atoms with Crippen molar-refractivity contribution in [3.8, 4) is 0 Å². The van der Waals surface area contributed by atoms with Crippen molar-refractivity contribution in [1.29, 1.82) is 0 Å². The summed E-state index contributed by atoms with van der Waals surface area (Å²) in [4.78, 5) is 42.4. The molecular formula is C24H29ClN4O4. The number of ether oxygens (including phenoxy) is 1. The van der Waals surface area contributed by atoms with E-state index in [9.17, 15) is 14.4 Å². The molecule has 0 aromatic heterocycles. The van der Waals surface area contributed by atoms with Crippen LogP contribution in [0.1, 0.15) is 17.3 Å². The first kappa shape index (κ1) is 24.5. The van der Waals surface area contributed by atoms with E-state index in [0.717, 1.165) is 18.8 Å². The number of carbonyl (C=O) groups excluding carboxylic acids is 3. The molecule has 33 heavy (non-hydrogen) atoms. The first-order chi connectivity index (χ1) is 15.8. The van der Waals surface area contributed by atoms with Crippen molar-refractivity contribution >= 4 is 40.8 Å². The fraction of sp³-hybridized carbons (Fsp3) is 0.375. The Kier molecular flexibility index (Phi) is 8.30. The number of hydrogen-bond acceptors (Lipinski definition) is 6. The Morgan fingerprint density at radius 3 is 2.45 bits per heavy atom. The molecule has 1 heterocycles. The number of nitrogens with zero attached hydrogens (tertiary/aromatic N) is 3. The van der Waals surface area contributed by atoms with E-state index in [1.54, 1.807) is 43.4 Å². The maximum Gasteiger partial charge on any atom is 0.337 e. The number of esters is 1. The minimum atomic E-state index is -0.358. The fourth-order valence-corrected chi connectivity index (χ4v) is 3.92. The van der Waals surface area contributed by atoms with E-state index in [-0.39, 0.29) is 36.9 Å². The molecule has 1 fully saturated rings. The van der Waals surface area contributed by atoms with Crippen LogP contribution in [0.4, 0.5) is 11.4 Å². The van der Waals surface area contributed by atoms with Crippen molar-refractivity contribution in [1.82, 2.24) is 9.80 Å². The zero-order valence-electron chi connectivity index (χ0n) is 19.1.